The summed E-state index contributed by atoms with van der Waals surface area (Å²) >= 11 is 0. The van der Waals surface area contributed by atoms with Crippen LogP contribution in [0.25, 0.3) is 0 Å². The van der Waals surface area contributed by atoms with Crippen LogP contribution >= 0.6 is 0 Å². The minimum absolute atomic E-state index is 0.0313. The molecule has 0 spiro atoms. The summed E-state index contributed by atoms with van der Waals surface area (Å²) in [6.45, 7) is 3.34. The second-order valence-electron chi connectivity index (χ2n) is 6.31. The van der Waals surface area contributed by atoms with E-state index >= 15 is 0 Å². The topological polar surface area (TPSA) is 75.1 Å². The van der Waals surface area contributed by atoms with Crippen molar-refractivity contribution in [3.8, 4) is 0 Å². The molecular weight excluding hydrogens is 304 g/mol. The lowest BCUT2D eigenvalue weighted by molar-refractivity contribution is 0.0725. The highest BCUT2D eigenvalue weighted by atomic mass is 16.2. The molecule has 3 heterocycles. The van der Waals surface area contributed by atoms with Crippen molar-refractivity contribution in [1.29, 1.82) is 0 Å². The molecule has 1 atom stereocenters. The summed E-state index contributed by atoms with van der Waals surface area (Å²) in [6, 6.07) is -0.0313. The zero-order valence-corrected chi connectivity index (χ0v) is 14.3. The van der Waals surface area contributed by atoms with Gasteiger partial charge in [0, 0.05) is 37.2 Å². The molecule has 1 unspecified atom stereocenters. The molecule has 0 aliphatic carbocycles. The van der Waals surface area contributed by atoms with Gasteiger partial charge in [0.1, 0.15) is 11.5 Å². The maximum atomic E-state index is 12.8. The van der Waals surface area contributed by atoms with Gasteiger partial charge in [0.2, 0.25) is 0 Å². The number of hydrogen-bond donors (Lipinski definition) is 0. The van der Waals surface area contributed by atoms with E-state index in [2.05, 4.69) is 24.8 Å². The van der Waals surface area contributed by atoms with Gasteiger partial charge in [-0.05, 0) is 33.9 Å². The third-order valence-corrected chi connectivity index (χ3v) is 4.12. The van der Waals surface area contributed by atoms with Crippen molar-refractivity contribution in [2.75, 3.05) is 20.6 Å². The first-order chi connectivity index (χ1) is 11.6. The number of carbonyl (C=O) groups is 1. The van der Waals surface area contributed by atoms with Gasteiger partial charge in [-0.25, -0.2) is 15.0 Å². The summed E-state index contributed by atoms with van der Waals surface area (Å²) in [4.78, 5) is 33.9. The van der Waals surface area contributed by atoms with E-state index in [9.17, 15) is 4.79 Å². The highest BCUT2D eigenvalue weighted by molar-refractivity contribution is 5.92. The van der Waals surface area contributed by atoms with Gasteiger partial charge >= 0.3 is 0 Å². The quantitative estimate of drug-likeness (QED) is 0.850. The number of rotatable bonds is 4. The van der Waals surface area contributed by atoms with E-state index in [1.165, 1.54) is 6.20 Å². The Bertz CT molecular complexity index is 718. The first-order valence-electron chi connectivity index (χ1n) is 8.10. The van der Waals surface area contributed by atoms with Crippen molar-refractivity contribution in [3.63, 3.8) is 0 Å². The van der Waals surface area contributed by atoms with E-state index in [4.69, 9.17) is 0 Å². The van der Waals surface area contributed by atoms with Crippen molar-refractivity contribution in [2.24, 2.45) is 0 Å². The number of aromatic nitrogens is 4. The fraction of sp³-hybridized carbons (Fsp3) is 0.471. The zero-order chi connectivity index (χ0) is 17.1. The van der Waals surface area contributed by atoms with Crippen molar-refractivity contribution >= 4 is 5.91 Å². The molecular formula is C17H22N6O. The summed E-state index contributed by atoms with van der Waals surface area (Å²) in [6.07, 6.45) is 8.38. The van der Waals surface area contributed by atoms with Crippen LogP contribution in [0.5, 0.6) is 0 Å². The summed E-state index contributed by atoms with van der Waals surface area (Å²) in [7, 11) is 4.03. The zero-order valence-electron chi connectivity index (χ0n) is 14.3. The van der Waals surface area contributed by atoms with Gasteiger partial charge in [0.25, 0.3) is 5.91 Å². The van der Waals surface area contributed by atoms with E-state index in [0.29, 0.717) is 12.2 Å². The second kappa shape index (κ2) is 7.00. The normalized spacial score (nSPS) is 17.5. The van der Waals surface area contributed by atoms with E-state index in [-0.39, 0.29) is 11.9 Å². The maximum Gasteiger partial charge on any atom is 0.274 e. The molecule has 126 valence electrons. The molecule has 0 aromatic carbocycles. The number of nitrogens with zero attached hydrogens (tertiary/aromatic N) is 6. The van der Waals surface area contributed by atoms with Crippen LogP contribution in [-0.4, -0.2) is 56.3 Å². The molecule has 1 saturated heterocycles. The van der Waals surface area contributed by atoms with Crippen molar-refractivity contribution in [1.82, 2.24) is 29.7 Å². The highest BCUT2D eigenvalue weighted by Crippen LogP contribution is 2.33. The van der Waals surface area contributed by atoms with E-state index in [0.717, 1.165) is 36.5 Å². The minimum atomic E-state index is -0.0855. The molecule has 0 N–H and O–H groups in total. The van der Waals surface area contributed by atoms with Crippen LogP contribution in [-0.2, 0) is 6.54 Å². The van der Waals surface area contributed by atoms with Crippen molar-refractivity contribution in [2.45, 2.75) is 32.4 Å². The van der Waals surface area contributed by atoms with Crippen LogP contribution in [0.15, 0.2) is 24.8 Å². The lowest BCUT2D eigenvalue weighted by atomic mass is 10.1. The lowest BCUT2D eigenvalue weighted by Crippen LogP contribution is -2.32. The fourth-order valence-electron chi connectivity index (χ4n) is 3.11. The lowest BCUT2D eigenvalue weighted by Gasteiger charge is -2.26. The minimum Gasteiger partial charge on any atom is -0.329 e. The maximum absolute atomic E-state index is 12.8. The highest BCUT2D eigenvalue weighted by Gasteiger charge is 2.33. The summed E-state index contributed by atoms with van der Waals surface area (Å²) < 4.78 is 0. The van der Waals surface area contributed by atoms with Crippen LogP contribution < -0.4 is 0 Å². The van der Waals surface area contributed by atoms with Crippen LogP contribution in [0, 0.1) is 6.92 Å². The Morgan fingerprint density at radius 3 is 2.83 bits per heavy atom. The molecule has 7 nitrogen and oxygen atoms in total. The van der Waals surface area contributed by atoms with Gasteiger partial charge in [0.15, 0.2) is 0 Å². The van der Waals surface area contributed by atoms with Crippen LogP contribution in [0.4, 0.5) is 0 Å². The van der Waals surface area contributed by atoms with Gasteiger partial charge in [-0.2, -0.15) is 0 Å². The monoisotopic (exact) mass is 326 g/mol. The first-order valence-corrected chi connectivity index (χ1v) is 8.10. The molecule has 1 fully saturated rings. The molecule has 1 amide bonds. The van der Waals surface area contributed by atoms with Crippen LogP contribution in [0.2, 0.25) is 0 Å². The smallest absolute Gasteiger partial charge is 0.274 e. The van der Waals surface area contributed by atoms with Crippen LogP contribution in [0.3, 0.4) is 0 Å². The number of hydrogen-bond acceptors (Lipinski definition) is 6. The molecule has 2 aromatic rings. The predicted octanol–water partition coefficient (Wildman–Crippen LogP) is 1.61. The van der Waals surface area contributed by atoms with Gasteiger partial charge in [-0.15, -0.1) is 0 Å². The van der Waals surface area contributed by atoms with Gasteiger partial charge < -0.3 is 9.80 Å². The molecule has 7 heteroatoms. The number of aryl methyl sites for hydroxylation is 1. The third-order valence-electron chi connectivity index (χ3n) is 4.12. The van der Waals surface area contributed by atoms with E-state index in [1.807, 2.05) is 32.1 Å². The Hall–Kier alpha value is -2.41. The standard InChI is InChI=1S/C17H22N6O/c1-12-20-9-13(11-22(2)3)16(21-12)15-5-4-8-23(15)17(24)14-10-18-6-7-19-14/h6-7,9-10,15H,4-5,8,11H2,1-3H3. The molecule has 1 aliphatic rings. The molecule has 2 aromatic heterocycles. The third kappa shape index (κ3) is 3.41. The summed E-state index contributed by atoms with van der Waals surface area (Å²) in [5.41, 5.74) is 2.39. The van der Waals surface area contributed by atoms with Crippen LogP contribution in [0.1, 0.15) is 46.5 Å². The van der Waals surface area contributed by atoms with Crippen molar-refractivity contribution < 1.29 is 4.79 Å². The van der Waals surface area contributed by atoms with Gasteiger partial charge in [-0.3, -0.25) is 9.78 Å². The Labute approximate surface area is 141 Å². The predicted molar refractivity (Wildman–Crippen MR) is 89.2 cm³/mol. The Morgan fingerprint density at radius 1 is 1.29 bits per heavy atom. The second-order valence-corrected chi connectivity index (χ2v) is 6.31. The van der Waals surface area contributed by atoms with Gasteiger partial charge in [0.05, 0.1) is 17.9 Å². The molecule has 0 saturated carbocycles. The van der Waals surface area contributed by atoms with E-state index < -0.39 is 0 Å². The molecule has 0 bridgehead atoms. The number of amides is 1. The fourth-order valence-corrected chi connectivity index (χ4v) is 3.11. The van der Waals surface area contributed by atoms with E-state index in [1.54, 1.807) is 12.4 Å². The SMILES string of the molecule is Cc1ncc(CN(C)C)c(C2CCCN2C(=O)c2cnccn2)n1. The Kier molecular flexibility index (Phi) is 4.80. The largest absolute Gasteiger partial charge is 0.329 e. The summed E-state index contributed by atoms with van der Waals surface area (Å²) in [5, 5.41) is 0. The summed E-state index contributed by atoms with van der Waals surface area (Å²) in [5.74, 6) is 0.643. The first kappa shape index (κ1) is 16.4. The number of carbonyl (C=O) groups excluding carboxylic acids is 1. The Morgan fingerprint density at radius 2 is 2.12 bits per heavy atom. The average Bonchev–Trinajstić information content (AvgIpc) is 3.05. The average molecular weight is 326 g/mol. The molecule has 3 rings (SSSR count). The molecule has 1 aliphatic heterocycles. The number of likely N-dealkylation sites (tertiary alicyclic amines) is 1. The molecule has 0 radical (unpaired) electrons. The van der Waals surface area contributed by atoms with Crippen molar-refractivity contribution in [3.05, 3.63) is 47.6 Å². The Balaban J connectivity index is 1.93. The molecule has 24 heavy (non-hydrogen) atoms. The van der Waals surface area contributed by atoms with Gasteiger partial charge in [-0.1, -0.05) is 0 Å².